The molecule has 2 atom stereocenters. The normalized spacial score (nSPS) is 20.1. The molecule has 0 aromatic heterocycles. The zero-order valence-electron chi connectivity index (χ0n) is 19.0. The van der Waals surface area contributed by atoms with Gasteiger partial charge in [0.05, 0.1) is 36.4 Å². The Morgan fingerprint density at radius 3 is 2.82 bits per heavy atom. The highest BCUT2D eigenvalue weighted by Crippen LogP contribution is 2.61. The number of piperidine rings is 1. The number of quaternary nitrogens is 1. The number of nitriles is 1. The third-order valence-electron chi connectivity index (χ3n) is 5.44. The average Bonchev–Trinajstić information content (AvgIpc) is 3.60. The van der Waals surface area contributed by atoms with Crippen LogP contribution in [0.15, 0.2) is 52.4 Å². The molecule has 0 aliphatic carbocycles. The zero-order valence-corrected chi connectivity index (χ0v) is 23.0. The quantitative estimate of drug-likeness (QED) is 0.122. The van der Waals surface area contributed by atoms with Crippen LogP contribution < -0.4 is 8.61 Å². The van der Waals surface area contributed by atoms with Gasteiger partial charge in [0.15, 0.2) is 5.69 Å². The smallest absolute Gasteiger partial charge is 0.337 e. The fourth-order valence-electron chi connectivity index (χ4n) is 3.74. The largest absolute Gasteiger partial charge is 0.465 e. The van der Waals surface area contributed by atoms with Gasteiger partial charge in [0.2, 0.25) is 5.37 Å². The maximum absolute atomic E-state index is 11.9. The molecule has 2 heterocycles. The zero-order chi connectivity index (χ0) is 24.7. The molecule has 2 aliphatic rings. The van der Waals surface area contributed by atoms with E-state index in [4.69, 9.17) is 16.3 Å². The molecule has 4 rings (SSSR count). The van der Waals surface area contributed by atoms with E-state index in [1.165, 1.54) is 38.3 Å². The molecule has 2 saturated heterocycles. The second kappa shape index (κ2) is 12.3. The van der Waals surface area contributed by atoms with Crippen LogP contribution in [0.1, 0.15) is 35.2 Å². The van der Waals surface area contributed by atoms with Gasteiger partial charge in [-0.1, -0.05) is 17.7 Å². The van der Waals surface area contributed by atoms with Crippen molar-refractivity contribution in [2.45, 2.75) is 29.5 Å². The molecular weight excluding hydrogens is 558 g/mol. The number of ether oxygens (including phenoxy) is 2. The monoisotopic (exact) mass is 582 g/mol. The number of esters is 1. The minimum atomic E-state index is -0.381. The Kier molecular flexibility index (Phi) is 9.77. The summed E-state index contributed by atoms with van der Waals surface area (Å²) >= 11 is 13.2. The Labute approximate surface area is 222 Å². The van der Waals surface area contributed by atoms with E-state index in [0.717, 1.165) is 31.2 Å². The van der Waals surface area contributed by atoms with Crippen molar-refractivity contribution in [1.29, 1.82) is 5.26 Å². The predicted molar refractivity (Wildman–Crippen MR) is 145 cm³/mol. The van der Waals surface area contributed by atoms with Crippen LogP contribution in [0, 0.1) is 11.3 Å². The lowest BCUT2D eigenvalue weighted by molar-refractivity contribution is 0.0600. The molecule has 0 radical (unpaired) electrons. The third-order valence-corrected chi connectivity index (χ3v) is 9.22. The van der Waals surface area contributed by atoms with Crippen LogP contribution in [0.3, 0.4) is 0 Å². The maximum atomic E-state index is 11.9. The highest BCUT2D eigenvalue weighted by molar-refractivity contribution is 9.10. The van der Waals surface area contributed by atoms with Gasteiger partial charge in [-0.15, -0.1) is 6.58 Å². The number of carbonyl (C=O) groups excluding carboxylic acids is 1. The number of hydrogen-bond donors (Lipinski definition) is 1. The van der Waals surface area contributed by atoms with Gasteiger partial charge >= 0.3 is 5.97 Å². The highest BCUT2D eigenvalue weighted by Gasteiger charge is 2.62. The van der Waals surface area contributed by atoms with Crippen molar-refractivity contribution in [3.05, 3.63) is 63.6 Å². The van der Waals surface area contributed by atoms with Gasteiger partial charge in [-0.3, -0.25) is 0 Å². The molecule has 0 saturated carbocycles. The molecule has 2 aliphatic heterocycles. The molecule has 2 unspecified atom stereocenters. The summed E-state index contributed by atoms with van der Waals surface area (Å²) in [6.45, 7) is 5.15. The first kappa shape index (κ1) is 26.9. The summed E-state index contributed by atoms with van der Waals surface area (Å²) in [5, 5.41) is 10.5. The minimum Gasteiger partial charge on any atom is -0.465 e. The Morgan fingerprint density at radius 2 is 2.21 bits per heavy atom. The number of carbonyl (C=O) groups is 1. The van der Waals surface area contributed by atoms with Crippen LogP contribution in [0.2, 0.25) is 5.02 Å². The van der Waals surface area contributed by atoms with Crippen LogP contribution in [0.5, 0.6) is 0 Å². The Bertz CT molecular complexity index is 1110. The number of benzene rings is 2. The summed E-state index contributed by atoms with van der Waals surface area (Å²) in [5.41, 5.74) is 2.91. The third kappa shape index (κ3) is 6.11. The predicted octanol–water partition coefficient (Wildman–Crippen LogP) is 7.18. The number of nitrogens with one attached hydrogen (secondary N) is 1. The van der Waals surface area contributed by atoms with Crippen LogP contribution in [0.25, 0.3) is 0 Å². The van der Waals surface area contributed by atoms with E-state index >= 15 is 0 Å². The lowest BCUT2D eigenvalue weighted by Crippen LogP contribution is -2.33. The molecule has 34 heavy (non-hydrogen) atoms. The van der Waals surface area contributed by atoms with E-state index in [2.05, 4.69) is 38.0 Å². The topological polar surface area (TPSA) is 71.3 Å². The lowest BCUT2D eigenvalue weighted by Gasteiger charge is -2.23. The summed E-state index contributed by atoms with van der Waals surface area (Å²) in [4.78, 5) is 12.7. The molecule has 6 nitrogen and oxygen atoms in total. The van der Waals surface area contributed by atoms with Crippen LogP contribution in [-0.2, 0) is 9.47 Å². The van der Waals surface area contributed by atoms with Crippen LogP contribution >= 0.6 is 51.4 Å². The van der Waals surface area contributed by atoms with Gasteiger partial charge < -0.3 is 14.2 Å². The summed E-state index contributed by atoms with van der Waals surface area (Å²) in [6, 6.07) is 11.2. The number of fused-ring (bicyclic) bond motifs is 1. The fourth-order valence-corrected chi connectivity index (χ4v) is 6.64. The molecule has 180 valence electrons. The summed E-state index contributed by atoms with van der Waals surface area (Å²) in [7, 11) is 3.01. The summed E-state index contributed by atoms with van der Waals surface area (Å²) in [5.74, 6) is -0.381. The van der Waals surface area contributed by atoms with Gasteiger partial charge in [0, 0.05) is 29.0 Å². The number of halogens is 2. The highest BCUT2D eigenvalue weighted by atomic mass is 79.9. The molecule has 0 bridgehead atoms. The minimum absolute atomic E-state index is 0.381. The number of rotatable bonds is 7. The van der Waals surface area contributed by atoms with Crippen molar-refractivity contribution in [3.8, 4) is 6.07 Å². The first-order valence-corrected chi connectivity index (χ1v) is 13.4. The van der Waals surface area contributed by atoms with Crippen molar-refractivity contribution in [3.63, 3.8) is 0 Å². The molecule has 2 aromatic rings. The molecular formula is C24H26BrClN3O3S2+. The Balaban J connectivity index is 0.000000588. The number of methoxy groups -OCH3 is 2. The number of nitrogens with zero attached hydrogens (tertiary/aromatic N) is 2. The average molecular weight is 584 g/mol. The molecule has 2 aromatic carbocycles. The SMILES string of the molecule is C=CCOC.COC(=O)c1ccc(Br)c(SNc2cc(C#N)c(Cl)cc2[N+]23CCCCC2S3)c1. The Hall–Kier alpha value is -1.67. The number of anilines is 1. The second-order valence-corrected chi connectivity index (χ2v) is 11.1. The first-order valence-electron chi connectivity index (χ1n) is 10.6. The van der Waals surface area contributed by atoms with Gasteiger partial charge in [-0.05, 0) is 65.0 Å². The summed E-state index contributed by atoms with van der Waals surface area (Å²) < 4.78 is 14.5. The molecule has 1 N–H and O–H groups in total. The van der Waals surface area contributed by atoms with Crippen molar-refractivity contribution in [1.82, 2.24) is 3.89 Å². The van der Waals surface area contributed by atoms with E-state index in [-0.39, 0.29) is 5.97 Å². The van der Waals surface area contributed by atoms with Gasteiger partial charge in [-0.2, -0.15) is 5.26 Å². The Morgan fingerprint density at radius 1 is 1.41 bits per heavy atom. The van der Waals surface area contributed by atoms with Gasteiger partial charge in [-0.25, -0.2) is 8.68 Å². The molecule has 2 fully saturated rings. The molecule has 0 spiro atoms. The van der Waals surface area contributed by atoms with Crippen LogP contribution in [-0.4, -0.2) is 38.7 Å². The standard InChI is InChI=1S/C20H18BrClN3O2S2.C4H8O/c1-27-20(26)12-5-6-14(21)18(9-12)28-24-16-8-13(11-23)15(22)10-17(16)25-7-3-2-4-19(25)29-25;1-3-4-5-2/h5-6,8-10,19,24H,2-4,7H2,1H3;3H,1,4H2,2H3/q+1;. The van der Waals surface area contributed by atoms with E-state index in [1.807, 2.05) is 30.1 Å². The molecule has 10 heteroatoms. The lowest BCUT2D eigenvalue weighted by atomic mass is 10.1. The van der Waals surface area contributed by atoms with E-state index in [1.54, 1.807) is 25.3 Å². The van der Waals surface area contributed by atoms with Crippen molar-refractivity contribution in [2.75, 3.05) is 32.1 Å². The van der Waals surface area contributed by atoms with E-state index in [0.29, 0.717) is 28.1 Å². The molecule has 0 amide bonds. The fraction of sp³-hybridized carbons (Fsp3) is 0.333. The maximum Gasteiger partial charge on any atom is 0.337 e. The van der Waals surface area contributed by atoms with Crippen molar-refractivity contribution in [2.24, 2.45) is 0 Å². The first-order chi connectivity index (χ1) is 16.4. The van der Waals surface area contributed by atoms with Crippen LogP contribution in [0.4, 0.5) is 11.4 Å². The summed E-state index contributed by atoms with van der Waals surface area (Å²) in [6.07, 6.45) is 5.34. The van der Waals surface area contributed by atoms with Gasteiger partial charge in [0.1, 0.15) is 23.7 Å². The number of hydrogen-bond acceptors (Lipinski definition) is 7. The second-order valence-electron chi connectivity index (χ2n) is 7.62. The van der Waals surface area contributed by atoms with Crippen molar-refractivity contribution < 1.29 is 14.3 Å². The van der Waals surface area contributed by atoms with Gasteiger partial charge in [0.25, 0.3) is 0 Å². The van der Waals surface area contributed by atoms with E-state index < -0.39 is 0 Å². The van der Waals surface area contributed by atoms with E-state index in [9.17, 15) is 10.1 Å². The van der Waals surface area contributed by atoms with Crippen molar-refractivity contribution >= 4 is 68.8 Å².